The summed E-state index contributed by atoms with van der Waals surface area (Å²) in [6.45, 7) is 3.58. The number of aromatic amines is 1. The molecule has 0 saturated carbocycles. The van der Waals surface area contributed by atoms with Crippen LogP contribution in [0.15, 0.2) is 21.9 Å². The van der Waals surface area contributed by atoms with Gasteiger partial charge in [0.2, 0.25) is 0 Å². The van der Waals surface area contributed by atoms with Gasteiger partial charge in [0.15, 0.2) is 12.0 Å². The van der Waals surface area contributed by atoms with E-state index in [9.17, 15) is 14.4 Å². The van der Waals surface area contributed by atoms with E-state index in [0.29, 0.717) is 11.7 Å². The first-order valence-corrected chi connectivity index (χ1v) is 13.0. The van der Waals surface area contributed by atoms with Crippen LogP contribution in [-0.4, -0.2) is 57.2 Å². The Balaban J connectivity index is 1.31. The number of carbonyl (C=O) groups excluding carboxylic acids is 1. The maximum absolute atomic E-state index is 12.2. The molecule has 2 unspecified atom stereocenters. The Morgan fingerprint density at radius 3 is 2.84 bits per heavy atom. The molecule has 1 aromatic rings. The van der Waals surface area contributed by atoms with Gasteiger partial charge in [0.25, 0.3) is 5.56 Å². The number of nitrogens with one attached hydrogen (secondary N) is 1. The smallest absolute Gasteiger partial charge is 0.330 e. The molecule has 11 heteroatoms. The Kier molecular flexibility index (Phi) is 7.17. The van der Waals surface area contributed by atoms with Crippen LogP contribution in [-0.2, 0) is 23.7 Å². The van der Waals surface area contributed by atoms with Crippen LogP contribution in [0.4, 0.5) is 0 Å². The van der Waals surface area contributed by atoms with Gasteiger partial charge in [-0.25, -0.2) is 4.79 Å². The van der Waals surface area contributed by atoms with E-state index in [0.717, 1.165) is 19.3 Å². The average Bonchev–Trinajstić information content (AvgIpc) is 3.40. The minimum absolute atomic E-state index is 0.0170. The Morgan fingerprint density at radius 1 is 1.29 bits per heavy atom. The highest BCUT2D eigenvalue weighted by atomic mass is 33.1. The minimum Gasteiger partial charge on any atom is -0.463 e. The third-order valence-corrected chi connectivity index (χ3v) is 8.55. The Labute approximate surface area is 187 Å². The maximum Gasteiger partial charge on any atom is 0.330 e. The normalized spacial score (nSPS) is 31.6. The van der Waals surface area contributed by atoms with Crippen molar-refractivity contribution in [2.75, 3.05) is 12.4 Å². The van der Waals surface area contributed by atoms with Crippen molar-refractivity contribution in [2.24, 2.45) is 0 Å². The molecule has 4 heterocycles. The van der Waals surface area contributed by atoms with Gasteiger partial charge in [0.1, 0.15) is 24.9 Å². The van der Waals surface area contributed by atoms with Crippen molar-refractivity contribution in [2.45, 2.75) is 81.5 Å². The van der Waals surface area contributed by atoms with Gasteiger partial charge in [-0.05, 0) is 33.1 Å². The Morgan fingerprint density at radius 2 is 2.10 bits per heavy atom. The van der Waals surface area contributed by atoms with E-state index in [1.807, 2.05) is 21.6 Å². The van der Waals surface area contributed by atoms with Crippen LogP contribution in [0.2, 0.25) is 0 Å². The first kappa shape index (κ1) is 22.9. The van der Waals surface area contributed by atoms with Crippen molar-refractivity contribution in [1.29, 1.82) is 0 Å². The molecule has 0 aliphatic carbocycles. The van der Waals surface area contributed by atoms with E-state index in [-0.39, 0.29) is 12.6 Å². The fraction of sp³-hybridized carbons (Fsp3) is 0.750. The van der Waals surface area contributed by atoms with Gasteiger partial charge in [0, 0.05) is 29.7 Å². The molecule has 5 atom stereocenters. The number of aromatic nitrogens is 2. The lowest BCUT2D eigenvalue weighted by Gasteiger charge is -2.24. The molecule has 9 nitrogen and oxygen atoms in total. The van der Waals surface area contributed by atoms with E-state index >= 15 is 0 Å². The molecule has 3 aliphatic rings. The predicted octanol–water partition coefficient (Wildman–Crippen LogP) is 2.21. The van der Waals surface area contributed by atoms with E-state index in [1.165, 1.54) is 29.0 Å². The molecule has 1 N–H and O–H groups in total. The first-order chi connectivity index (χ1) is 14.8. The second kappa shape index (κ2) is 9.70. The number of fused-ring (bicyclic) bond motifs is 1. The van der Waals surface area contributed by atoms with Crippen LogP contribution in [0.25, 0.3) is 0 Å². The number of hydrogen-bond acceptors (Lipinski definition) is 9. The maximum atomic E-state index is 12.2. The molecule has 0 spiro atoms. The summed E-state index contributed by atoms with van der Waals surface area (Å²) in [7, 11) is 3.88. The van der Waals surface area contributed by atoms with Gasteiger partial charge < -0.3 is 18.9 Å². The number of unbranched alkanes of at least 4 members (excludes halogenated alkanes) is 1. The van der Waals surface area contributed by atoms with Gasteiger partial charge in [-0.1, -0.05) is 28.0 Å². The van der Waals surface area contributed by atoms with Gasteiger partial charge in [0.05, 0.1) is 0 Å². The summed E-state index contributed by atoms with van der Waals surface area (Å²) in [5.41, 5.74) is -1.09. The molecule has 1 aromatic heterocycles. The number of ether oxygens (including phenoxy) is 4. The monoisotopic (exact) mass is 472 g/mol. The molecule has 0 bridgehead atoms. The highest BCUT2D eigenvalue weighted by Gasteiger charge is 2.56. The van der Waals surface area contributed by atoms with Crippen molar-refractivity contribution in [3.63, 3.8) is 0 Å². The molecule has 0 amide bonds. The Hall–Kier alpha value is -1.27. The summed E-state index contributed by atoms with van der Waals surface area (Å²) < 4.78 is 24.6. The zero-order valence-electron chi connectivity index (χ0n) is 17.6. The minimum atomic E-state index is -0.859. The number of esters is 1. The fourth-order valence-corrected chi connectivity index (χ4v) is 7.13. The van der Waals surface area contributed by atoms with Gasteiger partial charge in [-0.3, -0.25) is 19.1 Å². The van der Waals surface area contributed by atoms with Crippen LogP contribution < -0.4 is 11.2 Å². The summed E-state index contributed by atoms with van der Waals surface area (Å²) in [6, 6.07) is 1.25. The molecule has 0 radical (unpaired) electrons. The lowest BCUT2D eigenvalue weighted by Crippen LogP contribution is -2.37. The highest BCUT2D eigenvalue weighted by molar-refractivity contribution is 8.77. The standard InChI is InChI=1S/C20H28N2O7S2/c1-20(2)28-16-13(11-26-15(24)6-4-3-5-12-8-10-30-31-12)27-18(17(16)29-20)22-9-7-14(23)21-19(22)25/h7,9,12-13,16-18H,3-6,8,10-11H2,1-2H3,(H,21,23,25)/t12?,13?,16-,17-,18-/m1/s1. The summed E-state index contributed by atoms with van der Waals surface area (Å²) in [5, 5.41) is 0.709. The molecule has 3 saturated heterocycles. The van der Waals surface area contributed by atoms with Crippen LogP contribution in [0, 0.1) is 0 Å². The van der Waals surface area contributed by atoms with E-state index in [2.05, 4.69) is 4.98 Å². The third kappa shape index (κ3) is 5.57. The number of nitrogens with zero attached hydrogens (tertiary/aromatic N) is 1. The van der Waals surface area contributed by atoms with Gasteiger partial charge in [-0.15, -0.1) is 0 Å². The van der Waals surface area contributed by atoms with E-state index in [4.69, 9.17) is 18.9 Å². The topological polar surface area (TPSA) is 109 Å². The second-order valence-electron chi connectivity index (χ2n) is 8.40. The summed E-state index contributed by atoms with van der Waals surface area (Å²) >= 11 is 0. The molecule has 4 rings (SSSR count). The summed E-state index contributed by atoms with van der Waals surface area (Å²) in [5.74, 6) is 0.0916. The van der Waals surface area contributed by atoms with Crippen LogP contribution >= 0.6 is 21.6 Å². The second-order valence-corrected chi connectivity index (χ2v) is 11.2. The zero-order valence-corrected chi connectivity index (χ0v) is 19.2. The molecule has 3 aliphatic heterocycles. The van der Waals surface area contributed by atoms with Crippen molar-refractivity contribution in [3.05, 3.63) is 33.1 Å². The number of hydrogen-bond donors (Lipinski definition) is 1. The molecular weight excluding hydrogens is 444 g/mol. The fourth-order valence-electron chi connectivity index (χ4n) is 4.10. The Bertz CT molecular complexity index is 896. The van der Waals surface area contributed by atoms with E-state index in [1.54, 1.807) is 13.8 Å². The van der Waals surface area contributed by atoms with E-state index < -0.39 is 41.6 Å². The largest absolute Gasteiger partial charge is 0.463 e. The van der Waals surface area contributed by atoms with Gasteiger partial charge >= 0.3 is 11.7 Å². The molecule has 172 valence electrons. The SMILES string of the molecule is CC1(C)O[C@@H]2[C@H](O1)C(COC(=O)CCCCC1CCSS1)O[C@H]2n1ccc(=O)[nH]c1=O. The van der Waals surface area contributed by atoms with Crippen molar-refractivity contribution >= 4 is 27.6 Å². The summed E-state index contributed by atoms with van der Waals surface area (Å²) in [4.78, 5) is 38.0. The molecule has 3 fully saturated rings. The lowest BCUT2D eigenvalue weighted by molar-refractivity contribution is -0.203. The molecule has 31 heavy (non-hydrogen) atoms. The van der Waals surface area contributed by atoms with Crippen LogP contribution in [0.5, 0.6) is 0 Å². The quantitative estimate of drug-likeness (QED) is 0.346. The van der Waals surface area contributed by atoms with Crippen LogP contribution in [0.1, 0.15) is 52.2 Å². The third-order valence-electron chi connectivity index (χ3n) is 5.54. The van der Waals surface area contributed by atoms with Gasteiger partial charge in [-0.2, -0.15) is 0 Å². The molecule has 0 aromatic carbocycles. The lowest BCUT2D eigenvalue weighted by atomic mass is 10.1. The zero-order chi connectivity index (χ0) is 22.0. The highest BCUT2D eigenvalue weighted by Crippen LogP contribution is 2.42. The van der Waals surface area contributed by atoms with Crippen molar-refractivity contribution in [1.82, 2.24) is 9.55 Å². The molecular formula is C20H28N2O7S2. The average molecular weight is 473 g/mol. The number of H-pyrrole nitrogens is 1. The van der Waals surface area contributed by atoms with Crippen molar-refractivity contribution < 1.29 is 23.7 Å². The number of carbonyl (C=O) groups is 1. The number of rotatable bonds is 8. The summed E-state index contributed by atoms with van der Waals surface area (Å²) in [6.07, 6.45) is 3.51. The van der Waals surface area contributed by atoms with Crippen LogP contribution in [0.3, 0.4) is 0 Å². The predicted molar refractivity (Wildman–Crippen MR) is 117 cm³/mol. The first-order valence-electron chi connectivity index (χ1n) is 10.6. The van der Waals surface area contributed by atoms with Crippen molar-refractivity contribution in [3.8, 4) is 0 Å².